The number of carbonyl (C=O) groups is 1. The zero-order valence-corrected chi connectivity index (χ0v) is 38.5. The molecule has 7 aliphatic rings. The number of aromatic nitrogens is 1. The van der Waals surface area contributed by atoms with Crippen LogP contribution >= 0.6 is 11.6 Å². The average molecular weight is 851 g/mol. The van der Waals surface area contributed by atoms with Crippen LogP contribution in [0.2, 0.25) is 5.02 Å². The van der Waals surface area contributed by atoms with Gasteiger partial charge in [0.2, 0.25) is 5.88 Å². The predicted octanol–water partition coefficient (Wildman–Crippen LogP) is 9.95. The summed E-state index contributed by atoms with van der Waals surface area (Å²) in [6, 6.07) is 3.50. The van der Waals surface area contributed by atoms with Crippen LogP contribution in [0.25, 0.3) is 0 Å². The minimum absolute atomic E-state index is 0.000656. The van der Waals surface area contributed by atoms with Gasteiger partial charge in [0.15, 0.2) is 9.84 Å². The molecule has 6 aliphatic carbocycles. The SMILES string of the molecule is C=C(C)[C@@H]1CC[C@]2(NCCN3CCS(=O)(=O)CC3)CC[C@]3(C)[C@H](CCC4[C@@]5(C)CC=C(C6=CCC(CCOc7ncccc7Cl)(C(=O)O)CC6)C(C)(C)C5CC[C@]43C)C12. The number of rotatable bonds is 11. The lowest BCUT2D eigenvalue weighted by Crippen LogP contribution is -2.68. The molecule has 0 radical (unpaired) electrons. The van der Waals surface area contributed by atoms with Crippen molar-refractivity contribution in [1.82, 2.24) is 15.2 Å². The number of carboxylic acids is 1. The summed E-state index contributed by atoms with van der Waals surface area (Å²) in [7, 11) is -2.88. The van der Waals surface area contributed by atoms with E-state index in [1.54, 1.807) is 18.3 Å². The minimum Gasteiger partial charge on any atom is -0.481 e. The van der Waals surface area contributed by atoms with E-state index in [1.807, 2.05) is 0 Å². The molecule has 2 heterocycles. The van der Waals surface area contributed by atoms with Crippen molar-refractivity contribution < 1.29 is 23.1 Å². The lowest BCUT2D eigenvalue weighted by molar-refractivity contribution is -0.221. The Balaban J connectivity index is 0.993. The Morgan fingerprint density at radius 1 is 0.983 bits per heavy atom. The third-order valence-electron chi connectivity index (χ3n) is 18.9. The van der Waals surface area contributed by atoms with Gasteiger partial charge >= 0.3 is 5.97 Å². The molecule has 5 fully saturated rings. The number of carboxylic acid groups (broad SMARTS) is 1. The number of hydrogen-bond acceptors (Lipinski definition) is 7. The highest BCUT2D eigenvalue weighted by Gasteiger charge is 2.70. The standard InChI is InChI=1S/C49H72ClN3O5S/c1-33(2)35-14-21-49(52-26-27-53-28-31-59(56,57)32-29-53)23-22-46(6)37(41(35)49)10-11-40-45(5)17-15-36(44(3,4)39(45)16-18-47(40,46)7)34-12-19-48(20-13-34,43(54)55)24-30-58-42-38(50)9-8-25-51-42/h8-9,12,15,25,35,37,39-41,52H,1,10-11,13-14,16-24,26-32H2,2-7H3,(H,54,55)/t35-,37+,39?,40?,41?,45-,46+,47+,48?,49-/m0/s1. The molecule has 1 saturated heterocycles. The molecular weight excluding hydrogens is 778 g/mol. The minimum atomic E-state index is -2.88. The van der Waals surface area contributed by atoms with E-state index in [0.717, 1.165) is 25.9 Å². The molecule has 59 heavy (non-hydrogen) atoms. The number of sulfone groups is 1. The van der Waals surface area contributed by atoms with E-state index in [2.05, 4.69) is 75.5 Å². The van der Waals surface area contributed by atoms with Crippen LogP contribution in [0.1, 0.15) is 125 Å². The second-order valence-corrected chi connectivity index (χ2v) is 24.4. The Morgan fingerprint density at radius 2 is 1.75 bits per heavy atom. The predicted molar refractivity (Wildman–Crippen MR) is 237 cm³/mol. The van der Waals surface area contributed by atoms with E-state index in [0.29, 0.717) is 84.3 Å². The van der Waals surface area contributed by atoms with E-state index in [4.69, 9.17) is 16.3 Å². The van der Waals surface area contributed by atoms with Crippen LogP contribution < -0.4 is 10.1 Å². The van der Waals surface area contributed by atoms with Gasteiger partial charge in [-0.15, -0.1) is 0 Å². The Bertz CT molecular complexity index is 1980. The van der Waals surface area contributed by atoms with Gasteiger partial charge in [0.25, 0.3) is 0 Å². The first-order valence-electron chi connectivity index (χ1n) is 23.0. The third kappa shape index (κ3) is 7.20. The molecule has 0 bridgehead atoms. The molecule has 8 nitrogen and oxygen atoms in total. The fourth-order valence-electron chi connectivity index (χ4n) is 15.5. The molecule has 1 aromatic rings. The zero-order valence-electron chi connectivity index (χ0n) is 36.9. The number of aliphatic carboxylic acids is 1. The molecule has 8 rings (SSSR count). The second-order valence-electron chi connectivity index (χ2n) is 21.7. The second kappa shape index (κ2) is 15.6. The lowest BCUT2D eigenvalue weighted by Gasteiger charge is -2.72. The van der Waals surface area contributed by atoms with Crippen LogP contribution in [0.4, 0.5) is 0 Å². The highest BCUT2D eigenvalue weighted by molar-refractivity contribution is 7.91. The molecule has 10 atom stereocenters. The van der Waals surface area contributed by atoms with Gasteiger partial charge in [0.1, 0.15) is 5.02 Å². The van der Waals surface area contributed by atoms with Gasteiger partial charge in [-0.2, -0.15) is 0 Å². The maximum atomic E-state index is 12.8. The van der Waals surface area contributed by atoms with E-state index in [1.165, 1.54) is 68.1 Å². The van der Waals surface area contributed by atoms with Crippen molar-refractivity contribution in [2.24, 2.45) is 56.7 Å². The van der Waals surface area contributed by atoms with Gasteiger partial charge < -0.3 is 20.1 Å². The van der Waals surface area contributed by atoms with E-state index in [9.17, 15) is 18.3 Å². The molecule has 0 aromatic carbocycles. The Kier molecular flexibility index (Phi) is 11.5. The van der Waals surface area contributed by atoms with Crippen molar-refractivity contribution in [3.8, 4) is 5.88 Å². The number of ether oxygens (including phenoxy) is 1. The smallest absolute Gasteiger partial charge is 0.310 e. The number of halogens is 1. The summed E-state index contributed by atoms with van der Waals surface area (Å²) in [4.78, 5) is 19.4. The van der Waals surface area contributed by atoms with E-state index < -0.39 is 21.2 Å². The number of pyridine rings is 1. The number of hydrogen-bond donors (Lipinski definition) is 2. The van der Waals surface area contributed by atoms with E-state index >= 15 is 0 Å². The molecule has 0 amide bonds. The largest absolute Gasteiger partial charge is 0.481 e. The molecule has 1 aliphatic heterocycles. The van der Waals surface area contributed by atoms with Crippen molar-refractivity contribution in [1.29, 1.82) is 0 Å². The fourth-order valence-corrected chi connectivity index (χ4v) is 17.0. The Hall–Kier alpha value is -2.20. The normalized spacial score (nSPS) is 41.3. The first kappa shape index (κ1) is 43.4. The first-order chi connectivity index (χ1) is 27.8. The molecule has 1 aromatic heterocycles. The van der Waals surface area contributed by atoms with Gasteiger partial charge in [-0.05, 0) is 165 Å². The summed E-state index contributed by atoms with van der Waals surface area (Å²) in [5, 5.41) is 15.2. The zero-order chi connectivity index (χ0) is 42.2. The summed E-state index contributed by atoms with van der Waals surface area (Å²) in [6.07, 6.45) is 19.9. The highest BCUT2D eigenvalue weighted by Crippen LogP contribution is 2.76. The fraction of sp³-hybridized carbons (Fsp3) is 0.755. The van der Waals surface area contributed by atoms with Gasteiger partial charge in [0.05, 0.1) is 23.5 Å². The van der Waals surface area contributed by atoms with Crippen LogP contribution in [0.15, 0.2) is 53.8 Å². The maximum absolute atomic E-state index is 12.8. The maximum Gasteiger partial charge on any atom is 0.310 e. The highest BCUT2D eigenvalue weighted by atomic mass is 35.5. The van der Waals surface area contributed by atoms with Gasteiger partial charge in [-0.3, -0.25) is 4.79 Å². The van der Waals surface area contributed by atoms with Crippen molar-refractivity contribution in [3.05, 3.63) is 58.8 Å². The summed E-state index contributed by atoms with van der Waals surface area (Å²) in [5.41, 5.74) is 4.18. The van der Waals surface area contributed by atoms with Crippen molar-refractivity contribution in [2.45, 2.75) is 131 Å². The number of allylic oxidation sites excluding steroid dienone is 5. The van der Waals surface area contributed by atoms with Crippen LogP contribution in [0.5, 0.6) is 5.88 Å². The molecule has 0 spiro atoms. The molecule has 4 saturated carbocycles. The number of nitrogens with one attached hydrogen (secondary N) is 1. The molecule has 326 valence electrons. The number of nitrogens with zero attached hydrogens (tertiary/aromatic N) is 2. The monoisotopic (exact) mass is 849 g/mol. The summed E-state index contributed by atoms with van der Waals surface area (Å²) >= 11 is 6.26. The topological polar surface area (TPSA) is 109 Å². The summed E-state index contributed by atoms with van der Waals surface area (Å²) in [6.45, 7) is 23.4. The van der Waals surface area contributed by atoms with E-state index in [-0.39, 0.29) is 33.8 Å². The van der Waals surface area contributed by atoms with Crippen molar-refractivity contribution in [3.63, 3.8) is 0 Å². The molecule has 10 heteroatoms. The molecule has 2 N–H and O–H groups in total. The quantitative estimate of drug-likeness (QED) is 0.212. The third-order valence-corrected chi connectivity index (χ3v) is 20.8. The van der Waals surface area contributed by atoms with Gasteiger partial charge in [-0.25, -0.2) is 13.4 Å². The van der Waals surface area contributed by atoms with Crippen LogP contribution in [0, 0.1) is 56.7 Å². The Morgan fingerprint density at radius 3 is 2.42 bits per heavy atom. The lowest BCUT2D eigenvalue weighted by atomic mass is 9.33. The van der Waals surface area contributed by atoms with Crippen LogP contribution in [-0.2, 0) is 14.6 Å². The van der Waals surface area contributed by atoms with Crippen molar-refractivity contribution in [2.75, 3.05) is 44.3 Å². The van der Waals surface area contributed by atoms with Gasteiger partial charge in [-0.1, -0.05) is 70.5 Å². The first-order valence-corrected chi connectivity index (χ1v) is 25.2. The molecule has 4 unspecified atom stereocenters. The summed E-state index contributed by atoms with van der Waals surface area (Å²) < 4.78 is 30.1. The molecular formula is C49H72ClN3O5S. The number of fused-ring (bicyclic) bond motifs is 7. The average Bonchev–Trinajstić information content (AvgIpc) is 3.57. The Labute approximate surface area is 360 Å². The van der Waals surface area contributed by atoms with Crippen LogP contribution in [-0.4, -0.2) is 79.2 Å². The summed E-state index contributed by atoms with van der Waals surface area (Å²) in [5.74, 6) is 3.21. The van der Waals surface area contributed by atoms with Crippen LogP contribution in [0.3, 0.4) is 0 Å². The van der Waals surface area contributed by atoms with Gasteiger partial charge in [0, 0.05) is 37.9 Å². The van der Waals surface area contributed by atoms with Crippen molar-refractivity contribution >= 4 is 27.4 Å².